The number of benzene rings is 1. The van der Waals surface area contributed by atoms with Gasteiger partial charge in [0.15, 0.2) is 0 Å². The van der Waals surface area contributed by atoms with E-state index in [1.165, 1.54) is 13.2 Å². The van der Waals surface area contributed by atoms with Gasteiger partial charge in [-0.25, -0.2) is 4.39 Å². The lowest BCUT2D eigenvalue weighted by Gasteiger charge is -2.04. The van der Waals surface area contributed by atoms with E-state index in [0.717, 1.165) is 24.8 Å². The molecule has 0 aromatic heterocycles. The van der Waals surface area contributed by atoms with Crippen LogP contribution in [0.4, 0.5) is 4.39 Å². The van der Waals surface area contributed by atoms with Crippen molar-refractivity contribution in [3.63, 3.8) is 0 Å². The number of rotatable bonds is 5. The highest BCUT2D eigenvalue weighted by molar-refractivity contribution is 5.28. The third-order valence-corrected chi connectivity index (χ3v) is 2.16. The van der Waals surface area contributed by atoms with Crippen molar-refractivity contribution in [3.05, 3.63) is 29.6 Å². The molecule has 0 aliphatic carbocycles. The van der Waals surface area contributed by atoms with Crippen LogP contribution in [0.2, 0.25) is 0 Å². The van der Waals surface area contributed by atoms with Gasteiger partial charge in [-0.2, -0.15) is 0 Å². The predicted octanol–water partition coefficient (Wildman–Crippen LogP) is 2.12. The lowest BCUT2D eigenvalue weighted by Crippen LogP contribution is -2.00. The average molecular weight is 197 g/mol. The van der Waals surface area contributed by atoms with E-state index in [1.807, 2.05) is 0 Å². The highest BCUT2D eigenvalue weighted by Gasteiger charge is 2.02. The van der Waals surface area contributed by atoms with Crippen molar-refractivity contribution in [1.29, 1.82) is 0 Å². The number of methoxy groups -OCH3 is 1. The molecule has 1 aromatic rings. The van der Waals surface area contributed by atoms with Crippen molar-refractivity contribution >= 4 is 0 Å². The van der Waals surface area contributed by atoms with Gasteiger partial charge in [0.05, 0.1) is 7.11 Å². The summed E-state index contributed by atoms with van der Waals surface area (Å²) in [4.78, 5) is 0. The van der Waals surface area contributed by atoms with Crippen LogP contribution in [0.15, 0.2) is 18.2 Å². The normalized spacial score (nSPS) is 10.2. The lowest BCUT2D eigenvalue weighted by atomic mass is 10.1. The molecule has 0 aliphatic heterocycles. The molecular weight excluding hydrogens is 181 g/mol. The van der Waals surface area contributed by atoms with Crippen LogP contribution in [0.1, 0.15) is 18.4 Å². The molecule has 0 heterocycles. The second-order valence-corrected chi connectivity index (χ2v) is 3.20. The van der Waals surface area contributed by atoms with E-state index in [2.05, 4.69) is 0 Å². The quantitative estimate of drug-likeness (QED) is 0.734. The topological polar surface area (TPSA) is 35.2 Å². The molecule has 78 valence electrons. The number of ether oxygens (including phenoxy) is 1. The van der Waals surface area contributed by atoms with Gasteiger partial charge in [0, 0.05) is 6.07 Å². The van der Waals surface area contributed by atoms with Gasteiger partial charge >= 0.3 is 0 Å². The predicted molar refractivity (Wildman–Crippen MR) is 54.9 cm³/mol. The zero-order valence-electron chi connectivity index (χ0n) is 8.42. The first-order valence-electron chi connectivity index (χ1n) is 4.80. The van der Waals surface area contributed by atoms with Gasteiger partial charge in [0.2, 0.25) is 0 Å². The maximum atomic E-state index is 13.4. The van der Waals surface area contributed by atoms with Crippen molar-refractivity contribution in [2.24, 2.45) is 5.73 Å². The van der Waals surface area contributed by atoms with Crippen molar-refractivity contribution < 1.29 is 9.13 Å². The maximum Gasteiger partial charge on any atom is 0.130 e. The number of unbranched alkanes of at least 4 members (excludes halogenated alkanes) is 1. The first-order valence-corrected chi connectivity index (χ1v) is 4.80. The fraction of sp³-hybridized carbons (Fsp3) is 0.455. The largest absolute Gasteiger partial charge is 0.497 e. The minimum atomic E-state index is -0.193. The van der Waals surface area contributed by atoms with Crippen LogP contribution in [0.5, 0.6) is 5.75 Å². The average Bonchev–Trinajstić information content (AvgIpc) is 2.20. The molecule has 0 saturated carbocycles. The van der Waals surface area contributed by atoms with E-state index < -0.39 is 0 Å². The molecule has 0 radical (unpaired) electrons. The summed E-state index contributed by atoms with van der Waals surface area (Å²) in [5.74, 6) is 0.367. The molecule has 1 rings (SSSR count). The summed E-state index contributed by atoms with van der Waals surface area (Å²) in [6.07, 6.45) is 2.61. The molecule has 0 atom stereocenters. The summed E-state index contributed by atoms with van der Waals surface area (Å²) < 4.78 is 18.3. The Bertz CT molecular complexity index is 289. The number of hydrogen-bond acceptors (Lipinski definition) is 2. The van der Waals surface area contributed by atoms with Crippen LogP contribution in [0.25, 0.3) is 0 Å². The summed E-state index contributed by atoms with van der Waals surface area (Å²) in [7, 11) is 1.53. The highest BCUT2D eigenvalue weighted by Crippen LogP contribution is 2.17. The fourth-order valence-corrected chi connectivity index (χ4v) is 1.32. The molecule has 0 amide bonds. The van der Waals surface area contributed by atoms with Crippen LogP contribution in [-0.4, -0.2) is 13.7 Å². The molecule has 0 aliphatic rings. The van der Waals surface area contributed by atoms with Gasteiger partial charge in [-0.1, -0.05) is 6.07 Å². The second-order valence-electron chi connectivity index (χ2n) is 3.20. The molecule has 14 heavy (non-hydrogen) atoms. The monoisotopic (exact) mass is 197 g/mol. The van der Waals surface area contributed by atoms with E-state index in [9.17, 15) is 4.39 Å². The Balaban J connectivity index is 2.59. The van der Waals surface area contributed by atoms with Gasteiger partial charge < -0.3 is 10.5 Å². The lowest BCUT2D eigenvalue weighted by molar-refractivity contribution is 0.410. The Labute approximate surface area is 83.9 Å². The molecule has 0 bridgehead atoms. The van der Waals surface area contributed by atoms with Crippen molar-refractivity contribution in [3.8, 4) is 5.75 Å². The van der Waals surface area contributed by atoms with Crippen LogP contribution >= 0.6 is 0 Å². The maximum absolute atomic E-state index is 13.4. The standard InChI is InChI=1S/C11H16FNO/c1-14-10-6-5-9(11(12)8-10)4-2-3-7-13/h5-6,8H,2-4,7,13H2,1H3. The molecule has 1 aromatic carbocycles. The van der Waals surface area contributed by atoms with Crippen molar-refractivity contribution in [1.82, 2.24) is 0 Å². The Morgan fingerprint density at radius 2 is 2.14 bits per heavy atom. The van der Waals surface area contributed by atoms with Crippen LogP contribution in [-0.2, 0) is 6.42 Å². The summed E-state index contributed by atoms with van der Waals surface area (Å²) >= 11 is 0. The first kappa shape index (κ1) is 11.0. The number of aryl methyl sites for hydroxylation is 1. The smallest absolute Gasteiger partial charge is 0.130 e. The minimum absolute atomic E-state index is 0.193. The van der Waals surface area contributed by atoms with Gasteiger partial charge in [-0.05, 0) is 37.4 Å². The van der Waals surface area contributed by atoms with Crippen molar-refractivity contribution in [2.45, 2.75) is 19.3 Å². The van der Waals surface area contributed by atoms with E-state index in [4.69, 9.17) is 10.5 Å². The molecule has 2 nitrogen and oxygen atoms in total. The van der Waals surface area contributed by atoms with Crippen LogP contribution in [0.3, 0.4) is 0 Å². The van der Waals surface area contributed by atoms with Gasteiger partial charge in [0.1, 0.15) is 11.6 Å². The molecular formula is C11H16FNO. The molecule has 0 spiro atoms. The highest BCUT2D eigenvalue weighted by atomic mass is 19.1. The van der Waals surface area contributed by atoms with Crippen molar-refractivity contribution in [2.75, 3.05) is 13.7 Å². The zero-order chi connectivity index (χ0) is 10.4. The van der Waals surface area contributed by atoms with Gasteiger partial charge in [0.25, 0.3) is 0 Å². The van der Waals surface area contributed by atoms with E-state index in [-0.39, 0.29) is 5.82 Å². The second kappa shape index (κ2) is 5.60. The van der Waals surface area contributed by atoms with Crippen LogP contribution in [0, 0.1) is 5.82 Å². The Morgan fingerprint density at radius 1 is 1.36 bits per heavy atom. The molecule has 3 heteroatoms. The van der Waals surface area contributed by atoms with Gasteiger partial charge in [-0.15, -0.1) is 0 Å². The van der Waals surface area contributed by atoms with E-state index >= 15 is 0 Å². The summed E-state index contributed by atoms with van der Waals surface area (Å²) in [6, 6.07) is 4.96. The summed E-state index contributed by atoms with van der Waals surface area (Å²) in [5, 5.41) is 0. The number of hydrogen-bond donors (Lipinski definition) is 1. The Hall–Kier alpha value is -1.09. The zero-order valence-corrected chi connectivity index (χ0v) is 8.42. The Kier molecular flexibility index (Phi) is 4.40. The summed E-state index contributed by atoms with van der Waals surface area (Å²) in [5.41, 5.74) is 6.10. The van der Waals surface area contributed by atoms with Gasteiger partial charge in [-0.3, -0.25) is 0 Å². The number of nitrogens with two attached hydrogens (primary N) is 1. The fourth-order valence-electron chi connectivity index (χ4n) is 1.32. The third-order valence-electron chi connectivity index (χ3n) is 2.16. The molecule has 0 fully saturated rings. The SMILES string of the molecule is COc1ccc(CCCCN)c(F)c1. The Morgan fingerprint density at radius 3 is 2.71 bits per heavy atom. The van der Waals surface area contributed by atoms with Crippen LogP contribution < -0.4 is 10.5 Å². The van der Waals surface area contributed by atoms with E-state index in [1.54, 1.807) is 12.1 Å². The van der Waals surface area contributed by atoms with E-state index in [0.29, 0.717) is 12.3 Å². The first-order chi connectivity index (χ1) is 6.77. The third kappa shape index (κ3) is 3.00. The summed E-state index contributed by atoms with van der Waals surface area (Å²) in [6.45, 7) is 0.664. The molecule has 0 unspecified atom stereocenters. The molecule has 0 saturated heterocycles. The minimum Gasteiger partial charge on any atom is -0.497 e. The molecule has 2 N–H and O–H groups in total. The number of halogens is 1.